The molecular formula is C24H30Cl2N2O3. The molecule has 1 atom stereocenters. The summed E-state index contributed by atoms with van der Waals surface area (Å²) in [5.41, 5.74) is 1.98. The summed E-state index contributed by atoms with van der Waals surface area (Å²) < 4.78 is 5.71. The van der Waals surface area contributed by atoms with Gasteiger partial charge in [0.15, 0.2) is 6.61 Å². The summed E-state index contributed by atoms with van der Waals surface area (Å²) in [5, 5.41) is 3.74. The predicted molar refractivity (Wildman–Crippen MR) is 126 cm³/mol. The largest absolute Gasteiger partial charge is 0.484 e. The van der Waals surface area contributed by atoms with Crippen molar-refractivity contribution in [2.75, 3.05) is 13.2 Å². The number of amides is 2. The van der Waals surface area contributed by atoms with Gasteiger partial charge < -0.3 is 15.0 Å². The average molecular weight is 465 g/mol. The van der Waals surface area contributed by atoms with Crippen LogP contribution in [0, 0.1) is 0 Å². The van der Waals surface area contributed by atoms with E-state index < -0.39 is 6.04 Å². The van der Waals surface area contributed by atoms with Crippen LogP contribution in [0.15, 0.2) is 42.5 Å². The molecule has 0 saturated heterocycles. The smallest absolute Gasteiger partial charge is 0.261 e. The molecule has 2 aromatic carbocycles. The number of rotatable bonds is 11. The Bertz CT molecular complexity index is 872. The number of nitrogens with zero attached hydrogens (tertiary/aromatic N) is 1. The van der Waals surface area contributed by atoms with Gasteiger partial charge in [0.2, 0.25) is 5.91 Å². The number of carbonyl (C=O) groups is 2. The second-order valence-electron chi connectivity index (χ2n) is 7.27. The molecule has 7 heteroatoms. The molecule has 2 amide bonds. The monoisotopic (exact) mass is 464 g/mol. The third-order valence-electron chi connectivity index (χ3n) is 4.97. The number of ether oxygens (including phenoxy) is 1. The zero-order valence-corrected chi connectivity index (χ0v) is 19.8. The van der Waals surface area contributed by atoms with Gasteiger partial charge in [-0.05, 0) is 54.7 Å². The molecule has 2 rings (SSSR count). The van der Waals surface area contributed by atoms with Crippen molar-refractivity contribution in [2.24, 2.45) is 0 Å². The van der Waals surface area contributed by atoms with Crippen molar-refractivity contribution < 1.29 is 14.3 Å². The predicted octanol–water partition coefficient (Wildman–Crippen LogP) is 5.27. The number of benzene rings is 2. The Morgan fingerprint density at radius 1 is 1.00 bits per heavy atom. The molecule has 168 valence electrons. The number of halogens is 2. The number of carbonyl (C=O) groups excluding carboxylic acids is 2. The molecule has 0 spiro atoms. The van der Waals surface area contributed by atoms with E-state index in [1.165, 1.54) is 5.56 Å². The first-order valence-electron chi connectivity index (χ1n) is 10.6. The molecule has 2 aromatic rings. The van der Waals surface area contributed by atoms with Crippen LogP contribution in [0.4, 0.5) is 0 Å². The number of hydrogen-bond acceptors (Lipinski definition) is 3. The van der Waals surface area contributed by atoms with Gasteiger partial charge in [-0.2, -0.15) is 0 Å². The second-order valence-corrected chi connectivity index (χ2v) is 8.09. The van der Waals surface area contributed by atoms with Crippen LogP contribution >= 0.6 is 23.2 Å². The molecule has 0 saturated carbocycles. The molecule has 0 aliphatic heterocycles. The second kappa shape index (κ2) is 12.6. The van der Waals surface area contributed by atoms with Crippen LogP contribution in [-0.4, -0.2) is 35.9 Å². The van der Waals surface area contributed by atoms with Gasteiger partial charge in [0, 0.05) is 13.1 Å². The fraction of sp³-hybridized carbons (Fsp3) is 0.417. The first-order chi connectivity index (χ1) is 14.9. The summed E-state index contributed by atoms with van der Waals surface area (Å²) in [6.45, 7) is 6.57. The molecule has 31 heavy (non-hydrogen) atoms. The van der Waals surface area contributed by atoms with Crippen LogP contribution in [0.25, 0.3) is 0 Å². The van der Waals surface area contributed by atoms with E-state index in [9.17, 15) is 9.59 Å². The Kier molecular flexibility index (Phi) is 10.2. The van der Waals surface area contributed by atoms with Crippen LogP contribution in [-0.2, 0) is 22.6 Å². The molecule has 0 heterocycles. The van der Waals surface area contributed by atoms with Crippen molar-refractivity contribution in [3.8, 4) is 5.75 Å². The zero-order chi connectivity index (χ0) is 22.8. The van der Waals surface area contributed by atoms with Gasteiger partial charge in [-0.15, -0.1) is 0 Å². The van der Waals surface area contributed by atoms with Gasteiger partial charge in [0.1, 0.15) is 11.8 Å². The van der Waals surface area contributed by atoms with E-state index in [1.54, 1.807) is 23.1 Å². The quantitative estimate of drug-likeness (QED) is 0.492. The van der Waals surface area contributed by atoms with Gasteiger partial charge in [-0.25, -0.2) is 0 Å². The lowest BCUT2D eigenvalue weighted by atomic mass is 10.1. The molecule has 0 bridgehead atoms. The Balaban J connectivity index is 2.19. The highest BCUT2D eigenvalue weighted by Gasteiger charge is 2.28. The van der Waals surface area contributed by atoms with E-state index in [1.807, 2.05) is 38.1 Å². The zero-order valence-electron chi connectivity index (χ0n) is 18.3. The van der Waals surface area contributed by atoms with Crippen LogP contribution in [0.2, 0.25) is 10.0 Å². The van der Waals surface area contributed by atoms with Gasteiger partial charge in [-0.3, -0.25) is 9.59 Å². The summed E-state index contributed by atoms with van der Waals surface area (Å²) in [7, 11) is 0. The molecule has 0 radical (unpaired) electrons. The minimum atomic E-state index is -0.612. The van der Waals surface area contributed by atoms with Crippen LogP contribution in [0.1, 0.15) is 44.7 Å². The van der Waals surface area contributed by atoms with Crippen LogP contribution in [0.5, 0.6) is 5.75 Å². The van der Waals surface area contributed by atoms with Crippen LogP contribution in [0.3, 0.4) is 0 Å². The molecule has 0 aromatic heterocycles. The summed E-state index contributed by atoms with van der Waals surface area (Å²) in [6.07, 6.45) is 2.23. The molecule has 1 N–H and O–H groups in total. The Labute approximate surface area is 194 Å². The highest BCUT2D eigenvalue weighted by molar-refractivity contribution is 6.42. The SMILES string of the molecule is CCCNC(=O)C(CC)N(Cc1ccc(Cl)c(Cl)c1)C(=O)COc1ccc(CC)cc1. The van der Waals surface area contributed by atoms with Gasteiger partial charge in [-0.1, -0.05) is 62.2 Å². The lowest BCUT2D eigenvalue weighted by Crippen LogP contribution is -2.50. The molecule has 1 unspecified atom stereocenters. The molecule has 0 aliphatic rings. The standard InChI is InChI=1S/C24H30Cl2N2O3/c1-4-13-27-24(30)22(6-3)28(15-18-9-12-20(25)21(26)14-18)23(29)16-31-19-10-7-17(5-2)8-11-19/h7-12,14,22H,4-6,13,15-16H2,1-3H3,(H,27,30). The molecule has 5 nitrogen and oxygen atoms in total. The molecular weight excluding hydrogens is 435 g/mol. The van der Waals surface area contributed by atoms with Crippen molar-refractivity contribution >= 4 is 35.0 Å². The molecule has 0 fully saturated rings. The maximum absolute atomic E-state index is 13.1. The summed E-state index contributed by atoms with van der Waals surface area (Å²) in [6, 6.07) is 12.2. The van der Waals surface area contributed by atoms with Crippen molar-refractivity contribution in [3.05, 3.63) is 63.6 Å². The van der Waals surface area contributed by atoms with E-state index in [2.05, 4.69) is 12.2 Å². The maximum Gasteiger partial charge on any atom is 0.261 e. The lowest BCUT2D eigenvalue weighted by molar-refractivity contribution is -0.143. The topological polar surface area (TPSA) is 58.6 Å². The first kappa shape index (κ1) is 25.0. The van der Waals surface area contributed by atoms with Crippen molar-refractivity contribution in [1.29, 1.82) is 0 Å². The minimum Gasteiger partial charge on any atom is -0.484 e. The van der Waals surface area contributed by atoms with Crippen molar-refractivity contribution in [2.45, 2.75) is 52.6 Å². The summed E-state index contributed by atoms with van der Waals surface area (Å²) >= 11 is 12.2. The number of hydrogen-bond donors (Lipinski definition) is 1. The first-order valence-corrected chi connectivity index (χ1v) is 11.4. The van der Waals surface area contributed by atoms with E-state index in [0.717, 1.165) is 18.4 Å². The fourth-order valence-corrected chi connectivity index (χ4v) is 3.49. The Morgan fingerprint density at radius 2 is 1.68 bits per heavy atom. The number of aryl methyl sites for hydroxylation is 1. The minimum absolute atomic E-state index is 0.162. The maximum atomic E-state index is 13.1. The van der Waals surface area contributed by atoms with Gasteiger partial charge >= 0.3 is 0 Å². The highest BCUT2D eigenvalue weighted by atomic mass is 35.5. The lowest BCUT2D eigenvalue weighted by Gasteiger charge is -2.30. The van der Waals surface area contributed by atoms with E-state index >= 15 is 0 Å². The molecule has 0 aliphatic carbocycles. The van der Waals surface area contributed by atoms with Crippen molar-refractivity contribution in [1.82, 2.24) is 10.2 Å². The summed E-state index contributed by atoms with van der Waals surface area (Å²) in [4.78, 5) is 27.4. The van der Waals surface area contributed by atoms with Gasteiger partial charge in [0.05, 0.1) is 10.0 Å². The van der Waals surface area contributed by atoms with E-state index in [-0.39, 0.29) is 25.0 Å². The third kappa shape index (κ3) is 7.44. The van der Waals surface area contributed by atoms with Crippen LogP contribution < -0.4 is 10.1 Å². The fourth-order valence-electron chi connectivity index (χ4n) is 3.17. The third-order valence-corrected chi connectivity index (χ3v) is 5.71. The Morgan fingerprint density at radius 3 is 2.26 bits per heavy atom. The Hall–Kier alpha value is -2.24. The normalized spacial score (nSPS) is 11.6. The number of nitrogens with one attached hydrogen (secondary N) is 1. The van der Waals surface area contributed by atoms with Crippen molar-refractivity contribution in [3.63, 3.8) is 0 Å². The van der Waals surface area contributed by atoms with Gasteiger partial charge in [0.25, 0.3) is 5.91 Å². The van der Waals surface area contributed by atoms with E-state index in [4.69, 9.17) is 27.9 Å². The highest BCUT2D eigenvalue weighted by Crippen LogP contribution is 2.24. The van der Waals surface area contributed by atoms with E-state index in [0.29, 0.717) is 28.8 Å². The summed E-state index contributed by atoms with van der Waals surface area (Å²) in [5.74, 6) is 0.165. The average Bonchev–Trinajstić information content (AvgIpc) is 2.78.